The number of hydrogen-bond donors (Lipinski definition) is 1. The van der Waals surface area contributed by atoms with Gasteiger partial charge in [0.15, 0.2) is 5.78 Å². The minimum atomic E-state index is 0.0953. The van der Waals surface area contributed by atoms with Gasteiger partial charge in [-0.2, -0.15) is 0 Å². The van der Waals surface area contributed by atoms with E-state index in [4.69, 9.17) is 9.97 Å². The summed E-state index contributed by atoms with van der Waals surface area (Å²) < 4.78 is 0. The van der Waals surface area contributed by atoms with Crippen molar-refractivity contribution in [2.24, 2.45) is 0 Å². The molecule has 1 aliphatic heterocycles. The van der Waals surface area contributed by atoms with E-state index in [1.54, 1.807) is 6.92 Å². The molecule has 6 rings (SSSR count). The van der Waals surface area contributed by atoms with Gasteiger partial charge >= 0.3 is 0 Å². The lowest BCUT2D eigenvalue weighted by atomic mass is 10.0. The number of carbonyl (C=O) groups is 1. The second kappa shape index (κ2) is 10.4. The second-order valence-corrected chi connectivity index (χ2v) is 10.5. The molecule has 5 heteroatoms. The maximum Gasteiger partial charge on any atom is 0.159 e. The Kier molecular flexibility index (Phi) is 6.71. The van der Waals surface area contributed by atoms with E-state index >= 15 is 0 Å². The average Bonchev–Trinajstić information content (AvgIpc) is 3.29. The zero-order chi connectivity index (χ0) is 25.2. The van der Waals surface area contributed by atoms with Gasteiger partial charge in [0.05, 0.1) is 5.69 Å². The summed E-state index contributed by atoms with van der Waals surface area (Å²) >= 11 is 0. The highest BCUT2D eigenvalue weighted by molar-refractivity contribution is 5.96. The van der Waals surface area contributed by atoms with Gasteiger partial charge in [0, 0.05) is 30.5 Å². The number of carbonyl (C=O) groups excluding carboxylic acids is 1. The zero-order valence-electron chi connectivity index (χ0n) is 21.6. The fourth-order valence-corrected chi connectivity index (χ4v) is 5.78. The first-order chi connectivity index (χ1) is 18.1. The van der Waals surface area contributed by atoms with E-state index in [0.29, 0.717) is 6.42 Å². The second-order valence-electron chi connectivity index (χ2n) is 10.5. The SMILES string of the molecule is CC(=O)c1ccc2c(c1)Cc1nc(Cc3ccc4ccccc4c3)nc(NCCCN3CCCCC3)c1-2. The summed E-state index contributed by atoms with van der Waals surface area (Å²) in [6.07, 6.45) is 6.53. The summed E-state index contributed by atoms with van der Waals surface area (Å²) in [4.78, 5) is 24.7. The molecule has 3 aromatic carbocycles. The van der Waals surface area contributed by atoms with E-state index in [0.717, 1.165) is 65.5 Å². The molecule has 2 aliphatic rings. The number of benzene rings is 3. The lowest BCUT2D eigenvalue weighted by Crippen LogP contribution is -2.31. The van der Waals surface area contributed by atoms with Gasteiger partial charge < -0.3 is 10.2 Å². The smallest absolute Gasteiger partial charge is 0.159 e. The Labute approximate surface area is 219 Å². The Hall–Kier alpha value is -3.57. The van der Waals surface area contributed by atoms with Crippen LogP contribution in [0.5, 0.6) is 0 Å². The van der Waals surface area contributed by atoms with Crippen LogP contribution in [-0.2, 0) is 12.8 Å². The highest BCUT2D eigenvalue weighted by Crippen LogP contribution is 2.40. The Morgan fingerprint density at radius 2 is 1.78 bits per heavy atom. The van der Waals surface area contributed by atoms with Gasteiger partial charge in [0.2, 0.25) is 0 Å². The number of aromatic nitrogens is 2. The molecule has 1 fully saturated rings. The largest absolute Gasteiger partial charge is 0.369 e. The molecule has 37 heavy (non-hydrogen) atoms. The first kappa shape index (κ1) is 23.8. The van der Waals surface area contributed by atoms with Crippen LogP contribution in [0.2, 0.25) is 0 Å². The lowest BCUT2D eigenvalue weighted by Gasteiger charge is -2.26. The summed E-state index contributed by atoms with van der Waals surface area (Å²) in [5.41, 5.74) is 6.44. The highest BCUT2D eigenvalue weighted by Gasteiger charge is 2.26. The fourth-order valence-electron chi connectivity index (χ4n) is 5.78. The molecule has 0 unspecified atom stereocenters. The van der Waals surface area contributed by atoms with Gasteiger partial charge in [-0.05, 0) is 79.3 Å². The predicted molar refractivity (Wildman–Crippen MR) is 150 cm³/mol. The first-order valence-corrected chi connectivity index (χ1v) is 13.6. The van der Waals surface area contributed by atoms with Crippen molar-refractivity contribution in [3.63, 3.8) is 0 Å². The molecule has 0 bridgehead atoms. The van der Waals surface area contributed by atoms with E-state index in [1.807, 2.05) is 12.1 Å². The molecule has 1 aromatic heterocycles. The van der Waals surface area contributed by atoms with Gasteiger partial charge in [0.1, 0.15) is 11.6 Å². The van der Waals surface area contributed by atoms with Crippen LogP contribution in [-0.4, -0.2) is 46.8 Å². The molecule has 2 heterocycles. The van der Waals surface area contributed by atoms with Crippen molar-refractivity contribution in [3.8, 4) is 11.1 Å². The van der Waals surface area contributed by atoms with Gasteiger partial charge in [-0.3, -0.25) is 4.79 Å². The number of nitrogens with one attached hydrogen (secondary N) is 1. The monoisotopic (exact) mass is 490 g/mol. The van der Waals surface area contributed by atoms with Gasteiger partial charge in [-0.15, -0.1) is 0 Å². The van der Waals surface area contributed by atoms with Crippen molar-refractivity contribution < 1.29 is 4.79 Å². The van der Waals surface area contributed by atoms with Crippen LogP contribution in [0.15, 0.2) is 60.7 Å². The number of likely N-dealkylation sites (tertiary alicyclic amines) is 1. The van der Waals surface area contributed by atoms with E-state index in [9.17, 15) is 4.79 Å². The maximum absolute atomic E-state index is 12.0. The Balaban J connectivity index is 1.27. The third-order valence-corrected chi connectivity index (χ3v) is 7.74. The van der Waals surface area contributed by atoms with Gasteiger partial charge in [0.25, 0.3) is 0 Å². The van der Waals surface area contributed by atoms with E-state index in [2.05, 4.69) is 58.7 Å². The van der Waals surface area contributed by atoms with E-state index < -0.39 is 0 Å². The summed E-state index contributed by atoms with van der Waals surface area (Å²) in [6, 6.07) is 21.1. The molecule has 1 aliphatic carbocycles. The molecule has 1 N–H and O–H groups in total. The number of ketones is 1. The Morgan fingerprint density at radius 1 is 0.946 bits per heavy atom. The van der Waals surface area contributed by atoms with Crippen LogP contribution in [0.25, 0.3) is 21.9 Å². The number of Topliss-reactive ketones (excluding diaryl/α,β-unsaturated/α-hetero) is 1. The molecule has 4 aromatic rings. The van der Waals surface area contributed by atoms with E-state index in [-0.39, 0.29) is 5.78 Å². The minimum Gasteiger partial charge on any atom is -0.369 e. The third kappa shape index (κ3) is 5.14. The summed E-state index contributed by atoms with van der Waals surface area (Å²) in [5, 5.41) is 6.16. The molecule has 0 saturated carbocycles. The zero-order valence-corrected chi connectivity index (χ0v) is 21.6. The number of piperidine rings is 1. The molecule has 0 radical (unpaired) electrons. The third-order valence-electron chi connectivity index (χ3n) is 7.74. The standard InChI is InChI=1S/C32H34N4O/c1-22(37)25-12-13-28-27(20-25)21-29-31(28)32(33-14-7-17-36-15-5-2-6-16-36)35-30(34-29)19-23-10-11-24-8-3-4-9-26(24)18-23/h3-4,8-13,18,20H,2,5-7,14-17,19,21H2,1H3,(H,33,34,35). The van der Waals surface area contributed by atoms with Crippen molar-refractivity contribution in [2.75, 3.05) is 31.5 Å². The first-order valence-electron chi connectivity index (χ1n) is 13.6. The van der Waals surface area contributed by atoms with Crippen LogP contribution >= 0.6 is 0 Å². The molecular formula is C32H34N4O. The molecule has 1 saturated heterocycles. The Morgan fingerprint density at radius 3 is 2.62 bits per heavy atom. The topological polar surface area (TPSA) is 58.1 Å². The van der Waals surface area contributed by atoms with Crippen molar-refractivity contribution >= 4 is 22.4 Å². The minimum absolute atomic E-state index is 0.0953. The van der Waals surface area contributed by atoms with Crippen LogP contribution in [0.1, 0.15) is 65.6 Å². The number of hydrogen-bond acceptors (Lipinski definition) is 5. The summed E-state index contributed by atoms with van der Waals surface area (Å²) in [5.74, 6) is 1.86. The number of fused-ring (bicyclic) bond motifs is 4. The number of anilines is 1. The van der Waals surface area contributed by atoms with Crippen LogP contribution < -0.4 is 5.32 Å². The fraction of sp³-hybridized carbons (Fsp3) is 0.344. The molecule has 0 atom stereocenters. The van der Waals surface area contributed by atoms with Crippen LogP contribution in [0.3, 0.4) is 0 Å². The quantitative estimate of drug-likeness (QED) is 0.205. The van der Waals surface area contributed by atoms with Crippen molar-refractivity contribution in [1.82, 2.24) is 14.9 Å². The average molecular weight is 491 g/mol. The normalized spacial score (nSPS) is 14.9. The van der Waals surface area contributed by atoms with E-state index in [1.165, 1.54) is 48.7 Å². The molecule has 0 spiro atoms. The lowest BCUT2D eigenvalue weighted by molar-refractivity contribution is 0.101. The Bertz CT molecular complexity index is 1450. The van der Waals surface area contributed by atoms with Crippen LogP contribution in [0, 0.1) is 0 Å². The highest BCUT2D eigenvalue weighted by atomic mass is 16.1. The summed E-state index contributed by atoms with van der Waals surface area (Å²) in [6.45, 7) is 6.09. The molecule has 0 amide bonds. The number of rotatable bonds is 8. The molecular weight excluding hydrogens is 456 g/mol. The van der Waals surface area contributed by atoms with Crippen LogP contribution in [0.4, 0.5) is 5.82 Å². The predicted octanol–water partition coefficient (Wildman–Crippen LogP) is 6.28. The molecule has 188 valence electrons. The summed E-state index contributed by atoms with van der Waals surface area (Å²) in [7, 11) is 0. The van der Waals surface area contributed by atoms with Gasteiger partial charge in [-0.1, -0.05) is 61.0 Å². The van der Waals surface area contributed by atoms with Gasteiger partial charge in [-0.25, -0.2) is 9.97 Å². The maximum atomic E-state index is 12.0. The molecule has 5 nitrogen and oxygen atoms in total. The van der Waals surface area contributed by atoms with Crippen molar-refractivity contribution in [3.05, 3.63) is 88.9 Å². The number of nitrogens with zero attached hydrogens (tertiary/aromatic N) is 3. The van der Waals surface area contributed by atoms with Crippen molar-refractivity contribution in [1.29, 1.82) is 0 Å². The van der Waals surface area contributed by atoms with Crippen molar-refractivity contribution in [2.45, 2.75) is 45.4 Å².